The molecule has 18 heavy (non-hydrogen) atoms. The van der Waals surface area contributed by atoms with Crippen LogP contribution >= 0.6 is 11.3 Å². The molecule has 3 rings (SSSR count). The number of rotatable bonds is 2. The summed E-state index contributed by atoms with van der Waals surface area (Å²) in [5.41, 5.74) is 6.61. The van der Waals surface area contributed by atoms with Gasteiger partial charge >= 0.3 is 0 Å². The van der Waals surface area contributed by atoms with Crippen molar-refractivity contribution in [2.75, 3.05) is 5.73 Å². The Kier molecular flexibility index (Phi) is 2.91. The topological polar surface area (TPSA) is 68.0 Å². The second kappa shape index (κ2) is 4.57. The van der Waals surface area contributed by atoms with Crippen LogP contribution in [-0.4, -0.2) is 16.9 Å². The standard InChI is InChI=1S/C13H15N3OS/c14-11-9-5-6-15-7-10(9)18-12(11)13(17)16-8-3-1-2-4-8/h5-8H,1-4,14H2,(H,16,17). The molecule has 1 fully saturated rings. The number of pyridine rings is 1. The first-order valence-electron chi connectivity index (χ1n) is 6.18. The van der Waals surface area contributed by atoms with E-state index in [1.807, 2.05) is 6.07 Å². The summed E-state index contributed by atoms with van der Waals surface area (Å²) in [6.07, 6.45) is 8.02. The first kappa shape index (κ1) is 11.5. The van der Waals surface area contributed by atoms with Gasteiger partial charge in [-0.2, -0.15) is 0 Å². The smallest absolute Gasteiger partial charge is 0.263 e. The van der Waals surface area contributed by atoms with E-state index in [1.165, 1.54) is 24.2 Å². The van der Waals surface area contributed by atoms with E-state index >= 15 is 0 Å². The van der Waals surface area contributed by atoms with Gasteiger partial charge in [-0.3, -0.25) is 9.78 Å². The molecule has 0 aliphatic heterocycles. The molecule has 1 amide bonds. The second-order valence-corrected chi connectivity index (χ2v) is 5.72. The minimum Gasteiger partial charge on any atom is -0.397 e. The molecule has 0 atom stereocenters. The van der Waals surface area contributed by atoms with Crippen LogP contribution in [-0.2, 0) is 0 Å². The van der Waals surface area contributed by atoms with Crippen molar-refractivity contribution in [1.82, 2.24) is 10.3 Å². The number of nitrogens with one attached hydrogen (secondary N) is 1. The van der Waals surface area contributed by atoms with E-state index in [1.54, 1.807) is 12.4 Å². The number of thiophene rings is 1. The fraction of sp³-hybridized carbons (Fsp3) is 0.385. The second-order valence-electron chi connectivity index (χ2n) is 4.67. The molecule has 0 saturated heterocycles. The van der Waals surface area contributed by atoms with Crippen molar-refractivity contribution in [2.45, 2.75) is 31.7 Å². The maximum atomic E-state index is 12.2. The van der Waals surface area contributed by atoms with Gasteiger partial charge < -0.3 is 11.1 Å². The van der Waals surface area contributed by atoms with Gasteiger partial charge in [0, 0.05) is 23.8 Å². The van der Waals surface area contributed by atoms with Gasteiger partial charge in [0.1, 0.15) is 4.88 Å². The molecule has 2 aromatic rings. The molecule has 3 N–H and O–H groups in total. The summed E-state index contributed by atoms with van der Waals surface area (Å²) in [7, 11) is 0. The number of hydrogen-bond acceptors (Lipinski definition) is 4. The molecule has 5 heteroatoms. The Morgan fingerprint density at radius 1 is 1.44 bits per heavy atom. The van der Waals surface area contributed by atoms with E-state index in [2.05, 4.69) is 10.3 Å². The molecule has 2 heterocycles. The molecule has 0 radical (unpaired) electrons. The van der Waals surface area contributed by atoms with E-state index in [9.17, 15) is 4.79 Å². The number of nitrogens with two attached hydrogens (primary N) is 1. The number of fused-ring (bicyclic) bond motifs is 1. The third-order valence-corrected chi connectivity index (χ3v) is 4.58. The summed E-state index contributed by atoms with van der Waals surface area (Å²) in [6.45, 7) is 0. The fourth-order valence-corrected chi connectivity index (χ4v) is 3.45. The predicted octanol–water partition coefficient (Wildman–Crippen LogP) is 2.55. The van der Waals surface area contributed by atoms with E-state index in [0.717, 1.165) is 22.9 Å². The van der Waals surface area contributed by atoms with Gasteiger partial charge in [-0.25, -0.2) is 0 Å². The fourth-order valence-electron chi connectivity index (χ4n) is 2.46. The zero-order chi connectivity index (χ0) is 12.5. The van der Waals surface area contributed by atoms with Crippen LogP contribution in [0, 0.1) is 0 Å². The minimum absolute atomic E-state index is 0.0411. The lowest BCUT2D eigenvalue weighted by Crippen LogP contribution is -2.32. The van der Waals surface area contributed by atoms with Crippen molar-refractivity contribution in [2.24, 2.45) is 0 Å². The zero-order valence-corrected chi connectivity index (χ0v) is 10.8. The molecule has 0 unspecified atom stereocenters. The van der Waals surface area contributed by atoms with Crippen molar-refractivity contribution >= 4 is 33.0 Å². The lowest BCUT2D eigenvalue weighted by Gasteiger charge is -2.10. The van der Waals surface area contributed by atoms with Crippen LogP contribution in [0.4, 0.5) is 5.69 Å². The summed E-state index contributed by atoms with van der Waals surface area (Å²) in [5.74, 6) is -0.0411. The lowest BCUT2D eigenvalue weighted by molar-refractivity contribution is 0.0943. The number of aromatic nitrogens is 1. The number of carbonyl (C=O) groups excluding carboxylic acids is 1. The summed E-state index contributed by atoms with van der Waals surface area (Å²) in [5, 5.41) is 3.99. The highest BCUT2D eigenvalue weighted by atomic mass is 32.1. The molecule has 1 aliphatic rings. The van der Waals surface area contributed by atoms with Gasteiger partial charge in [-0.1, -0.05) is 12.8 Å². The Labute approximate surface area is 109 Å². The van der Waals surface area contributed by atoms with Crippen LogP contribution in [0.5, 0.6) is 0 Å². The number of nitrogen functional groups attached to an aromatic ring is 1. The molecule has 0 aromatic carbocycles. The van der Waals surface area contributed by atoms with Crippen molar-refractivity contribution in [3.63, 3.8) is 0 Å². The number of nitrogens with zero attached hydrogens (tertiary/aromatic N) is 1. The Hall–Kier alpha value is -1.62. The van der Waals surface area contributed by atoms with Crippen LogP contribution in [0.1, 0.15) is 35.4 Å². The molecule has 1 aliphatic carbocycles. The summed E-state index contributed by atoms with van der Waals surface area (Å²) in [4.78, 5) is 16.9. The molecule has 1 saturated carbocycles. The Bertz CT molecular complexity index is 587. The quantitative estimate of drug-likeness (QED) is 0.873. The number of hydrogen-bond donors (Lipinski definition) is 2. The van der Waals surface area contributed by atoms with Crippen molar-refractivity contribution in [1.29, 1.82) is 0 Å². The van der Waals surface area contributed by atoms with Crippen LogP contribution in [0.15, 0.2) is 18.5 Å². The van der Waals surface area contributed by atoms with Gasteiger partial charge in [0.2, 0.25) is 0 Å². The number of carbonyl (C=O) groups is 1. The van der Waals surface area contributed by atoms with Crippen molar-refractivity contribution in [3.05, 3.63) is 23.3 Å². The molecule has 94 valence electrons. The summed E-state index contributed by atoms with van der Waals surface area (Å²) < 4.78 is 0.964. The summed E-state index contributed by atoms with van der Waals surface area (Å²) in [6, 6.07) is 2.17. The maximum Gasteiger partial charge on any atom is 0.263 e. The van der Waals surface area contributed by atoms with Gasteiger partial charge in [0.25, 0.3) is 5.91 Å². The molecule has 0 spiro atoms. The third-order valence-electron chi connectivity index (χ3n) is 3.43. The Morgan fingerprint density at radius 2 is 2.22 bits per heavy atom. The van der Waals surface area contributed by atoms with Crippen LogP contribution in [0.25, 0.3) is 10.1 Å². The van der Waals surface area contributed by atoms with Crippen LogP contribution < -0.4 is 11.1 Å². The zero-order valence-electron chi connectivity index (χ0n) is 9.98. The van der Waals surface area contributed by atoms with Gasteiger partial charge in [-0.05, 0) is 18.9 Å². The molecular formula is C13H15N3OS. The highest BCUT2D eigenvalue weighted by Gasteiger charge is 2.21. The monoisotopic (exact) mass is 261 g/mol. The van der Waals surface area contributed by atoms with Crippen molar-refractivity contribution < 1.29 is 4.79 Å². The van der Waals surface area contributed by atoms with Crippen molar-refractivity contribution in [3.8, 4) is 0 Å². The molecule has 0 bridgehead atoms. The number of anilines is 1. The van der Waals surface area contributed by atoms with Gasteiger partial charge in [0.05, 0.1) is 10.4 Å². The third kappa shape index (κ3) is 1.95. The molecule has 4 nitrogen and oxygen atoms in total. The van der Waals surface area contributed by atoms with Crippen LogP contribution in [0.3, 0.4) is 0 Å². The van der Waals surface area contributed by atoms with Gasteiger partial charge in [-0.15, -0.1) is 11.3 Å². The average molecular weight is 261 g/mol. The van der Waals surface area contributed by atoms with Crippen LogP contribution in [0.2, 0.25) is 0 Å². The minimum atomic E-state index is -0.0411. The predicted molar refractivity (Wildman–Crippen MR) is 73.8 cm³/mol. The largest absolute Gasteiger partial charge is 0.397 e. The first-order chi connectivity index (χ1) is 8.75. The van der Waals surface area contributed by atoms with Gasteiger partial charge in [0.15, 0.2) is 0 Å². The number of amides is 1. The van der Waals surface area contributed by atoms with E-state index in [4.69, 9.17) is 5.73 Å². The normalized spacial score (nSPS) is 16.2. The highest BCUT2D eigenvalue weighted by Crippen LogP contribution is 2.33. The average Bonchev–Trinajstić information content (AvgIpc) is 2.98. The first-order valence-corrected chi connectivity index (χ1v) is 7.00. The van der Waals surface area contributed by atoms with E-state index < -0.39 is 0 Å². The highest BCUT2D eigenvalue weighted by molar-refractivity contribution is 7.21. The SMILES string of the molecule is Nc1c(C(=O)NC2CCCC2)sc2cnccc12. The Balaban J connectivity index is 1.88. The van der Waals surface area contributed by atoms with E-state index in [0.29, 0.717) is 16.6 Å². The molecule has 2 aromatic heterocycles. The molecular weight excluding hydrogens is 246 g/mol. The van der Waals surface area contributed by atoms with E-state index in [-0.39, 0.29) is 5.91 Å². The Morgan fingerprint density at radius 3 is 2.94 bits per heavy atom. The maximum absolute atomic E-state index is 12.2. The summed E-state index contributed by atoms with van der Waals surface area (Å²) >= 11 is 1.42. The lowest BCUT2D eigenvalue weighted by atomic mass is 10.2.